The lowest BCUT2D eigenvalue weighted by Gasteiger charge is -2.09. The summed E-state index contributed by atoms with van der Waals surface area (Å²) in [5.41, 5.74) is 0.333. The first-order chi connectivity index (χ1) is 9.95. The van der Waals surface area contributed by atoms with Crippen LogP contribution < -0.4 is 14.9 Å². The van der Waals surface area contributed by atoms with Crippen molar-refractivity contribution in [3.05, 3.63) is 53.5 Å². The number of carbonyl (C=O) groups is 1. The van der Waals surface area contributed by atoms with E-state index in [1.165, 1.54) is 11.3 Å². The van der Waals surface area contributed by atoms with Gasteiger partial charge in [-0.3, -0.25) is 14.6 Å². The van der Waals surface area contributed by atoms with Crippen LogP contribution in [0.3, 0.4) is 0 Å². The van der Waals surface area contributed by atoms with Gasteiger partial charge < -0.3 is 0 Å². The highest BCUT2D eigenvalue weighted by atomic mass is 35.5. The number of nitrogens with zero attached hydrogens (tertiary/aromatic N) is 2. The summed E-state index contributed by atoms with van der Waals surface area (Å²) in [5.74, 6) is -0.212. The summed E-state index contributed by atoms with van der Waals surface area (Å²) in [6.45, 7) is 1.85. The SMILES string of the molecule is CC1CC(=O)n2c(s/c(=C/c3ccc(Cl)cc3Cl)c2=O)=N1. The molecule has 0 amide bonds. The molecule has 0 aliphatic carbocycles. The Bertz CT molecular complexity index is 914. The third-order valence-electron chi connectivity index (χ3n) is 3.11. The van der Waals surface area contributed by atoms with Crippen LogP contribution in [0.1, 0.15) is 23.7 Å². The highest BCUT2D eigenvalue weighted by Crippen LogP contribution is 2.21. The zero-order chi connectivity index (χ0) is 15.1. The summed E-state index contributed by atoms with van der Waals surface area (Å²) < 4.78 is 1.57. The standard InChI is InChI=1S/C14H10Cl2N2O2S/c1-7-4-12(19)18-13(20)11(21-14(18)17-7)5-8-2-3-9(15)6-10(8)16/h2-3,5-7H,4H2,1H3/b11-5+. The van der Waals surface area contributed by atoms with Gasteiger partial charge in [0.2, 0.25) is 5.91 Å². The van der Waals surface area contributed by atoms with Crippen LogP contribution in [0.15, 0.2) is 28.0 Å². The molecule has 0 radical (unpaired) electrons. The molecule has 0 bridgehead atoms. The molecule has 108 valence electrons. The number of carbonyl (C=O) groups excluding carboxylic acids is 1. The second-order valence-corrected chi connectivity index (χ2v) is 6.63. The van der Waals surface area contributed by atoms with Crippen molar-refractivity contribution in [1.82, 2.24) is 4.57 Å². The van der Waals surface area contributed by atoms with E-state index in [4.69, 9.17) is 23.2 Å². The molecule has 7 heteroatoms. The lowest BCUT2D eigenvalue weighted by molar-refractivity contribution is 0.0877. The molecule has 1 unspecified atom stereocenters. The van der Waals surface area contributed by atoms with Crippen LogP contribution in [0, 0.1) is 0 Å². The largest absolute Gasteiger partial charge is 0.277 e. The maximum absolute atomic E-state index is 12.3. The van der Waals surface area contributed by atoms with Crippen LogP contribution >= 0.6 is 34.5 Å². The molecule has 0 spiro atoms. The fourth-order valence-corrected chi connectivity index (χ4v) is 3.65. The Morgan fingerprint density at radius 1 is 1.38 bits per heavy atom. The van der Waals surface area contributed by atoms with Gasteiger partial charge in [-0.05, 0) is 30.7 Å². The van der Waals surface area contributed by atoms with Gasteiger partial charge in [-0.15, -0.1) is 0 Å². The van der Waals surface area contributed by atoms with Crippen LogP contribution in [0.4, 0.5) is 0 Å². The van der Waals surface area contributed by atoms with Crippen molar-refractivity contribution in [3.8, 4) is 0 Å². The lowest BCUT2D eigenvalue weighted by Crippen LogP contribution is -2.40. The molecular weight excluding hydrogens is 331 g/mol. The second-order valence-electron chi connectivity index (χ2n) is 4.78. The van der Waals surface area contributed by atoms with E-state index < -0.39 is 0 Å². The van der Waals surface area contributed by atoms with Crippen molar-refractivity contribution in [2.45, 2.75) is 19.4 Å². The zero-order valence-corrected chi connectivity index (χ0v) is 13.3. The van der Waals surface area contributed by atoms with Crippen molar-refractivity contribution >= 4 is 46.5 Å². The summed E-state index contributed by atoms with van der Waals surface area (Å²) in [7, 11) is 0. The van der Waals surface area contributed by atoms with E-state index in [0.29, 0.717) is 24.9 Å². The van der Waals surface area contributed by atoms with Crippen LogP contribution in [0.5, 0.6) is 0 Å². The summed E-state index contributed by atoms with van der Waals surface area (Å²) in [4.78, 5) is 29.0. The van der Waals surface area contributed by atoms with Gasteiger partial charge >= 0.3 is 0 Å². The van der Waals surface area contributed by atoms with E-state index >= 15 is 0 Å². The van der Waals surface area contributed by atoms with E-state index in [1.54, 1.807) is 24.3 Å². The fraction of sp³-hybridized carbons (Fsp3) is 0.214. The maximum Gasteiger partial charge on any atom is 0.277 e. The summed E-state index contributed by atoms with van der Waals surface area (Å²) in [6, 6.07) is 4.94. The quantitative estimate of drug-likeness (QED) is 0.798. The average Bonchev–Trinajstić information content (AvgIpc) is 2.69. The van der Waals surface area contributed by atoms with Gasteiger partial charge in [0.25, 0.3) is 5.56 Å². The van der Waals surface area contributed by atoms with Crippen molar-refractivity contribution in [2.24, 2.45) is 4.99 Å². The van der Waals surface area contributed by atoms with E-state index in [2.05, 4.69) is 4.99 Å². The smallest absolute Gasteiger partial charge is 0.274 e. The average molecular weight is 341 g/mol. The Kier molecular flexibility index (Phi) is 3.73. The summed E-state index contributed by atoms with van der Waals surface area (Å²) in [6.07, 6.45) is 1.91. The molecule has 1 atom stereocenters. The Labute approximate surface area is 134 Å². The molecular formula is C14H10Cl2N2O2S. The maximum atomic E-state index is 12.3. The molecule has 0 fully saturated rings. The number of rotatable bonds is 1. The van der Waals surface area contributed by atoms with Crippen LogP contribution in [0.2, 0.25) is 10.0 Å². The molecule has 1 aliphatic rings. The van der Waals surface area contributed by atoms with E-state index in [-0.39, 0.29) is 23.9 Å². The second kappa shape index (κ2) is 5.40. The molecule has 0 N–H and O–H groups in total. The van der Waals surface area contributed by atoms with Crippen molar-refractivity contribution in [1.29, 1.82) is 0 Å². The van der Waals surface area contributed by atoms with Crippen molar-refractivity contribution in [3.63, 3.8) is 0 Å². The van der Waals surface area contributed by atoms with Crippen LogP contribution in [0.25, 0.3) is 6.08 Å². The number of fused-ring (bicyclic) bond motifs is 1. The molecule has 0 saturated heterocycles. The number of halogens is 2. The molecule has 1 aromatic carbocycles. The third kappa shape index (κ3) is 2.69. The van der Waals surface area contributed by atoms with Gasteiger partial charge in [0.05, 0.1) is 10.6 Å². The number of hydrogen-bond donors (Lipinski definition) is 0. The first-order valence-corrected chi connectivity index (χ1v) is 7.82. The van der Waals surface area contributed by atoms with E-state index in [0.717, 1.165) is 4.57 Å². The third-order valence-corrected chi connectivity index (χ3v) is 4.65. The minimum absolute atomic E-state index is 0.0949. The highest BCUT2D eigenvalue weighted by Gasteiger charge is 2.20. The predicted molar refractivity (Wildman–Crippen MR) is 84.1 cm³/mol. The Morgan fingerprint density at radius 3 is 2.86 bits per heavy atom. The minimum atomic E-state index is -0.346. The molecule has 1 aliphatic heterocycles. The van der Waals surface area contributed by atoms with Gasteiger partial charge in [0.15, 0.2) is 4.80 Å². The van der Waals surface area contributed by atoms with Gasteiger partial charge in [-0.1, -0.05) is 40.6 Å². The fourth-order valence-electron chi connectivity index (χ4n) is 2.12. The lowest BCUT2D eigenvalue weighted by atomic mass is 10.2. The number of thiazole rings is 1. The summed E-state index contributed by atoms with van der Waals surface area (Å²) in [5, 5.41) is 0.980. The monoisotopic (exact) mass is 340 g/mol. The molecule has 4 nitrogen and oxygen atoms in total. The molecule has 2 aromatic rings. The number of benzene rings is 1. The Morgan fingerprint density at radius 2 is 2.14 bits per heavy atom. The first kappa shape index (κ1) is 14.5. The highest BCUT2D eigenvalue weighted by molar-refractivity contribution is 7.07. The van der Waals surface area contributed by atoms with Gasteiger partial charge in [-0.2, -0.15) is 0 Å². The van der Waals surface area contributed by atoms with Crippen LogP contribution in [-0.2, 0) is 0 Å². The molecule has 3 rings (SSSR count). The van der Waals surface area contributed by atoms with Gasteiger partial charge in [0.1, 0.15) is 0 Å². The minimum Gasteiger partial charge on any atom is -0.274 e. The van der Waals surface area contributed by atoms with Gasteiger partial charge in [-0.25, -0.2) is 4.57 Å². The van der Waals surface area contributed by atoms with E-state index in [1.807, 2.05) is 6.92 Å². The summed E-state index contributed by atoms with van der Waals surface area (Å²) >= 11 is 13.1. The molecule has 1 aromatic heterocycles. The predicted octanol–water partition coefficient (Wildman–Crippen LogP) is 2.10. The van der Waals surface area contributed by atoms with E-state index in [9.17, 15) is 9.59 Å². The van der Waals surface area contributed by atoms with Crippen molar-refractivity contribution in [2.75, 3.05) is 0 Å². The van der Waals surface area contributed by atoms with Crippen LogP contribution in [-0.4, -0.2) is 16.5 Å². The van der Waals surface area contributed by atoms with Gasteiger partial charge in [0, 0.05) is 16.5 Å². The molecule has 21 heavy (non-hydrogen) atoms. The first-order valence-electron chi connectivity index (χ1n) is 6.25. The molecule has 0 saturated carbocycles. The van der Waals surface area contributed by atoms with Crippen molar-refractivity contribution < 1.29 is 4.79 Å². The Hall–Kier alpha value is -1.43. The Balaban J connectivity index is 2.24. The topological polar surface area (TPSA) is 51.4 Å². The zero-order valence-electron chi connectivity index (χ0n) is 11.0. The normalized spacial score (nSPS) is 18.5. The number of aromatic nitrogens is 1. The molecule has 2 heterocycles. The number of hydrogen-bond acceptors (Lipinski definition) is 4.